The fourth-order valence-corrected chi connectivity index (χ4v) is 3.30. The molecule has 5 aromatic rings. The number of halogens is 2. The van der Waals surface area contributed by atoms with Crippen LogP contribution in [0.25, 0.3) is 22.8 Å². The van der Waals surface area contributed by atoms with Crippen molar-refractivity contribution in [2.24, 2.45) is 0 Å². The summed E-state index contributed by atoms with van der Waals surface area (Å²) in [7, 11) is 0. The van der Waals surface area contributed by atoms with Gasteiger partial charge in [-0.05, 0) is 97.1 Å². The molecule has 4 aromatic carbocycles. The van der Waals surface area contributed by atoms with E-state index in [1.165, 1.54) is 48.5 Å². The van der Waals surface area contributed by atoms with Crippen molar-refractivity contribution >= 4 is 11.9 Å². The highest BCUT2D eigenvalue weighted by atomic mass is 19.1. The molecule has 0 atom stereocenters. The maximum absolute atomic E-state index is 13.0. The predicted octanol–water partition coefficient (Wildman–Crippen LogP) is 6.12. The molecule has 0 spiro atoms. The summed E-state index contributed by atoms with van der Waals surface area (Å²) >= 11 is 0. The average molecular weight is 498 g/mol. The average Bonchev–Trinajstić information content (AvgIpc) is 3.41. The van der Waals surface area contributed by atoms with Crippen LogP contribution in [0.15, 0.2) is 102 Å². The molecule has 182 valence electrons. The van der Waals surface area contributed by atoms with Gasteiger partial charge in [0.1, 0.15) is 23.1 Å². The molecular weight excluding hydrogens is 482 g/mol. The third kappa shape index (κ3) is 5.57. The van der Waals surface area contributed by atoms with Gasteiger partial charge >= 0.3 is 11.9 Å². The second-order valence-corrected chi connectivity index (χ2v) is 7.76. The number of rotatable bonds is 6. The van der Waals surface area contributed by atoms with Crippen LogP contribution in [0.4, 0.5) is 8.78 Å². The minimum absolute atomic E-state index is 0.225. The zero-order valence-electron chi connectivity index (χ0n) is 18.9. The van der Waals surface area contributed by atoms with Gasteiger partial charge < -0.3 is 14.0 Å². The van der Waals surface area contributed by atoms with E-state index in [9.17, 15) is 18.4 Å². The number of benzene rings is 4. The molecule has 0 radical (unpaired) electrons. The number of nitrogens with zero attached hydrogens (tertiary/aromatic N) is 2. The Balaban J connectivity index is 1.23. The molecule has 37 heavy (non-hydrogen) atoms. The molecule has 0 amide bonds. The van der Waals surface area contributed by atoms with Crippen LogP contribution in [0.1, 0.15) is 20.7 Å². The fourth-order valence-electron chi connectivity index (χ4n) is 3.30. The van der Waals surface area contributed by atoms with Crippen molar-refractivity contribution in [2.75, 3.05) is 0 Å². The van der Waals surface area contributed by atoms with Crippen LogP contribution in [-0.4, -0.2) is 22.1 Å². The lowest BCUT2D eigenvalue weighted by Crippen LogP contribution is -2.08. The number of hydrogen-bond acceptors (Lipinski definition) is 7. The Kier molecular flexibility index (Phi) is 6.50. The van der Waals surface area contributed by atoms with Gasteiger partial charge in [-0.1, -0.05) is 5.16 Å². The normalized spacial score (nSPS) is 10.6. The molecule has 5 rings (SSSR count). The van der Waals surface area contributed by atoms with E-state index in [0.29, 0.717) is 28.5 Å². The van der Waals surface area contributed by atoms with E-state index in [1.807, 2.05) is 0 Å². The van der Waals surface area contributed by atoms with Gasteiger partial charge in [0.05, 0.1) is 11.1 Å². The van der Waals surface area contributed by atoms with Gasteiger partial charge in [0.15, 0.2) is 0 Å². The molecule has 0 saturated carbocycles. The van der Waals surface area contributed by atoms with E-state index in [0.717, 1.165) is 0 Å². The van der Waals surface area contributed by atoms with Crippen molar-refractivity contribution in [1.82, 2.24) is 10.1 Å². The lowest BCUT2D eigenvalue weighted by atomic mass is 10.2. The van der Waals surface area contributed by atoms with Gasteiger partial charge in [-0.2, -0.15) is 4.98 Å². The van der Waals surface area contributed by atoms with Gasteiger partial charge in [0, 0.05) is 11.1 Å². The van der Waals surface area contributed by atoms with Crippen molar-refractivity contribution in [1.29, 1.82) is 0 Å². The van der Waals surface area contributed by atoms with Crippen molar-refractivity contribution in [3.8, 4) is 34.3 Å². The smallest absolute Gasteiger partial charge is 0.343 e. The molecule has 0 aliphatic rings. The summed E-state index contributed by atoms with van der Waals surface area (Å²) in [6.07, 6.45) is 0. The third-order valence-electron chi connectivity index (χ3n) is 5.22. The number of carbonyl (C=O) groups is 2. The standard InChI is InChI=1S/C28H16F2N2O5/c29-21-9-1-19(2-10-21)27(33)35-23-13-5-17(6-14-23)25-31-26(37-32-25)18-7-15-24(16-8-18)36-28(34)20-3-11-22(30)12-4-20/h1-16H. The fraction of sp³-hybridized carbons (Fsp3) is 0. The van der Waals surface area contributed by atoms with E-state index in [1.54, 1.807) is 48.5 Å². The summed E-state index contributed by atoms with van der Waals surface area (Å²) in [5.41, 5.74) is 1.68. The Morgan fingerprint density at radius 1 is 0.595 bits per heavy atom. The van der Waals surface area contributed by atoms with E-state index in [2.05, 4.69) is 10.1 Å². The molecule has 0 N–H and O–H groups in total. The summed E-state index contributed by atoms with van der Waals surface area (Å²) in [6, 6.07) is 23.0. The number of ether oxygens (including phenoxy) is 2. The molecule has 7 nitrogen and oxygen atoms in total. The van der Waals surface area contributed by atoms with E-state index in [-0.39, 0.29) is 17.0 Å². The third-order valence-corrected chi connectivity index (χ3v) is 5.22. The van der Waals surface area contributed by atoms with Crippen LogP contribution in [0.2, 0.25) is 0 Å². The van der Waals surface area contributed by atoms with Crippen LogP contribution < -0.4 is 9.47 Å². The molecule has 1 heterocycles. The van der Waals surface area contributed by atoms with Gasteiger partial charge in [0.2, 0.25) is 5.82 Å². The van der Waals surface area contributed by atoms with Crippen molar-refractivity contribution in [3.63, 3.8) is 0 Å². The summed E-state index contributed by atoms with van der Waals surface area (Å²) in [4.78, 5) is 28.7. The lowest BCUT2D eigenvalue weighted by Gasteiger charge is -2.05. The second-order valence-electron chi connectivity index (χ2n) is 7.76. The Hall–Kier alpha value is -5.18. The monoisotopic (exact) mass is 498 g/mol. The maximum Gasteiger partial charge on any atom is 0.343 e. The minimum Gasteiger partial charge on any atom is -0.423 e. The van der Waals surface area contributed by atoms with Crippen LogP contribution in [0.5, 0.6) is 11.5 Å². The topological polar surface area (TPSA) is 91.5 Å². The van der Waals surface area contributed by atoms with E-state index < -0.39 is 23.6 Å². The molecule has 0 aliphatic carbocycles. The first kappa shape index (κ1) is 23.6. The molecule has 0 fully saturated rings. The summed E-state index contributed by atoms with van der Waals surface area (Å²) in [5.74, 6) is -0.948. The first-order chi connectivity index (χ1) is 17.9. The van der Waals surface area contributed by atoms with Crippen LogP contribution in [-0.2, 0) is 0 Å². The highest BCUT2D eigenvalue weighted by Crippen LogP contribution is 2.26. The molecule has 0 saturated heterocycles. The van der Waals surface area contributed by atoms with Gasteiger partial charge in [-0.25, -0.2) is 18.4 Å². The second kappa shape index (κ2) is 10.2. The van der Waals surface area contributed by atoms with Gasteiger partial charge in [-0.3, -0.25) is 0 Å². The summed E-state index contributed by atoms with van der Waals surface area (Å²) in [6.45, 7) is 0. The largest absolute Gasteiger partial charge is 0.423 e. The number of carbonyl (C=O) groups excluding carboxylic acids is 2. The molecular formula is C28H16F2N2O5. The first-order valence-corrected chi connectivity index (χ1v) is 10.9. The lowest BCUT2D eigenvalue weighted by molar-refractivity contribution is 0.0725. The number of aromatic nitrogens is 2. The maximum atomic E-state index is 13.0. The highest BCUT2D eigenvalue weighted by Gasteiger charge is 2.14. The molecule has 9 heteroatoms. The van der Waals surface area contributed by atoms with E-state index >= 15 is 0 Å². The first-order valence-electron chi connectivity index (χ1n) is 10.9. The van der Waals surface area contributed by atoms with Crippen LogP contribution >= 0.6 is 0 Å². The molecule has 0 aliphatic heterocycles. The van der Waals surface area contributed by atoms with E-state index in [4.69, 9.17) is 14.0 Å². The molecule has 0 unspecified atom stereocenters. The van der Waals surface area contributed by atoms with Crippen LogP contribution in [0, 0.1) is 11.6 Å². The predicted molar refractivity (Wildman–Crippen MR) is 128 cm³/mol. The highest BCUT2D eigenvalue weighted by molar-refractivity contribution is 5.91. The molecule has 1 aromatic heterocycles. The quantitative estimate of drug-likeness (QED) is 0.206. The van der Waals surface area contributed by atoms with Gasteiger partial charge in [0.25, 0.3) is 5.89 Å². The molecule has 0 bridgehead atoms. The SMILES string of the molecule is O=C(Oc1ccc(-c2noc(-c3ccc(OC(=O)c4ccc(F)cc4)cc3)n2)cc1)c1ccc(F)cc1. The summed E-state index contributed by atoms with van der Waals surface area (Å²) < 4.78 is 42.0. The van der Waals surface area contributed by atoms with Crippen molar-refractivity contribution in [2.45, 2.75) is 0 Å². The number of esters is 2. The van der Waals surface area contributed by atoms with Crippen LogP contribution in [0.3, 0.4) is 0 Å². The zero-order chi connectivity index (χ0) is 25.8. The Morgan fingerprint density at radius 2 is 1.03 bits per heavy atom. The van der Waals surface area contributed by atoms with Crippen molar-refractivity contribution < 1.29 is 32.4 Å². The Bertz CT molecular complexity index is 1430. The van der Waals surface area contributed by atoms with Gasteiger partial charge in [-0.15, -0.1) is 0 Å². The number of hydrogen-bond donors (Lipinski definition) is 0. The van der Waals surface area contributed by atoms with Crippen molar-refractivity contribution in [3.05, 3.63) is 120 Å². The Morgan fingerprint density at radius 3 is 1.49 bits per heavy atom. The Labute approximate surface area is 208 Å². The minimum atomic E-state index is -0.611. The zero-order valence-corrected chi connectivity index (χ0v) is 18.9. The summed E-state index contributed by atoms with van der Waals surface area (Å²) in [5, 5.41) is 3.98.